The Hall–Kier alpha value is -3.88. The first-order valence-corrected chi connectivity index (χ1v) is 23.2. The number of terminal acetylenes is 3. The van der Waals surface area contributed by atoms with Gasteiger partial charge in [0.25, 0.3) is 8.53 Å². The maximum absolute atomic E-state index is 13.7. The van der Waals surface area contributed by atoms with Gasteiger partial charge in [-0.15, -0.1) is 19.3 Å². The van der Waals surface area contributed by atoms with Crippen molar-refractivity contribution in [2.45, 2.75) is 110 Å². The standard InChI is InChI=1S/C45H75N6O12P/c1-8-25-56-33-36-59-30-22-47-41(52)15-18-45(19-16-42(53)48-23-31-60-37-34-57-26-9-2,20-17-43(54)49-24-32-61-38-35-58-27-10-3)50-44(55)14-11-12-28-62-64(63-29-13-21-46)51(39(4)5)40(6)7/h1-3,39-40H,11-20,22-38H2,4-7H3,(H,47,52)(H,48,53)(H,49,54)(H,50,55). The molecule has 0 fully saturated rings. The Bertz CT molecular complexity index is 1310. The second kappa shape index (κ2) is 41.8. The van der Waals surface area contributed by atoms with E-state index in [1.165, 1.54) is 0 Å². The number of carbonyl (C=O) groups excluding carboxylic acids is 4. The fourth-order valence-corrected chi connectivity index (χ4v) is 7.56. The van der Waals surface area contributed by atoms with Gasteiger partial charge >= 0.3 is 0 Å². The molecule has 0 saturated heterocycles. The minimum absolute atomic E-state index is 0.00532. The van der Waals surface area contributed by atoms with Crippen LogP contribution >= 0.6 is 8.53 Å². The van der Waals surface area contributed by atoms with E-state index in [-0.39, 0.29) is 153 Å². The molecule has 0 spiro atoms. The van der Waals surface area contributed by atoms with Gasteiger partial charge in [-0.3, -0.25) is 19.2 Å². The molecule has 0 bridgehead atoms. The molecule has 1 atom stereocenters. The third kappa shape index (κ3) is 34.5. The van der Waals surface area contributed by atoms with Gasteiger partial charge in [-0.2, -0.15) is 5.26 Å². The average molecular weight is 923 g/mol. The van der Waals surface area contributed by atoms with Crippen molar-refractivity contribution in [3.8, 4) is 43.1 Å². The van der Waals surface area contributed by atoms with E-state index in [2.05, 4.69) is 77.5 Å². The van der Waals surface area contributed by atoms with Crippen molar-refractivity contribution in [3.63, 3.8) is 0 Å². The van der Waals surface area contributed by atoms with Gasteiger partial charge in [-0.05, 0) is 59.8 Å². The lowest BCUT2D eigenvalue weighted by Gasteiger charge is -2.35. The molecule has 0 saturated carbocycles. The molecule has 0 aliphatic carbocycles. The molecule has 0 aromatic carbocycles. The number of unbranched alkanes of at least 4 members (excludes halogenated alkanes) is 1. The lowest BCUT2D eigenvalue weighted by molar-refractivity contribution is -0.127. The van der Waals surface area contributed by atoms with E-state index in [0.717, 1.165) is 0 Å². The molecule has 19 heteroatoms. The molecule has 18 nitrogen and oxygen atoms in total. The summed E-state index contributed by atoms with van der Waals surface area (Å²) in [5.74, 6) is 6.00. The van der Waals surface area contributed by atoms with Crippen LogP contribution in [0, 0.1) is 48.4 Å². The van der Waals surface area contributed by atoms with E-state index in [0.29, 0.717) is 59.1 Å². The number of nitriles is 1. The summed E-state index contributed by atoms with van der Waals surface area (Å²) in [5.41, 5.74) is -1.10. The highest BCUT2D eigenvalue weighted by atomic mass is 31.2. The van der Waals surface area contributed by atoms with Gasteiger partial charge in [0.2, 0.25) is 23.6 Å². The summed E-state index contributed by atoms with van der Waals surface area (Å²) in [7, 11) is -1.43. The number of carbonyl (C=O) groups is 4. The zero-order valence-corrected chi connectivity index (χ0v) is 39.6. The van der Waals surface area contributed by atoms with Gasteiger partial charge in [0.15, 0.2) is 0 Å². The molecular weight excluding hydrogens is 847 g/mol. The first-order chi connectivity index (χ1) is 30.9. The van der Waals surface area contributed by atoms with Crippen LogP contribution in [0.1, 0.15) is 91.9 Å². The van der Waals surface area contributed by atoms with E-state index in [9.17, 15) is 19.2 Å². The van der Waals surface area contributed by atoms with Crippen molar-refractivity contribution >= 4 is 32.2 Å². The molecule has 0 aromatic rings. The minimum atomic E-state index is -1.43. The Balaban J connectivity index is 5.87. The Labute approximate surface area is 383 Å². The van der Waals surface area contributed by atoms with Crippen molar-refractivity contribution in [2.24, 2.45) is 0 Å². The normalized spacial score (nSPS) is 11.7. The first kappa shape index (κ1) is 60.1. The van der Waals surface area contributed by atoms with E-state index in [1.54, 1.807) is 0 Å². The maximum Gasteiger partial charge on any atom is 0.259 e. The van der Waals surface area contributed by atoms with Crippen LogP contribution in [0.3, 0.4) is 0 Å². The fourth-order valence-electron chi connectivity index (χ4n) is 5.93. The number of amides is 4. The Morgan fingerprint density at radius 3 is 1.31 bits per heavy atom. The SMILES string of the molecule is C#CCOCCOCCNC(=O)CCC(CCC(=O)NCCOCCOCC#C)(CCC(=O)NCCOCCOCC#C)NC(=O)CCCCOP(OCCC#N)N(C(C)C)C(C)C. The lowest BCUT2D eigenvalue weighted by Crippen LogP contribution is -2.50. The monoisotopic (exact) mass is 923 g/mol. The third-order valence-electron chi connectivity index (χ3n) is 8.94. The minimum Gasteiger partial charge on any atom is -0.377 e. The molecule has 0 heterocycles. The van der Waals surface area contributed by atoms with E-state index >= 15 is 0 Å². The van der Waals surface area contributed by atoms with Gasteiger partial charge < -0.3 is 58.7 Å². The number of hydrogen-bond donors (Lipinski definition) is 4. The molecule has 0 aliphatic heterocycles. The first-order valence-electron chi connectivity index (χ1n) is 22.0. The van der Waals surface area contributed by atoms with Gasteiger partial charge in [-0.25, -0.2) is 4.67 Å². The van der Waals surface area contributed by atoms with Crippen LogP contribution in [0.25, 0.3) is 0 Å². The number of nitrogens with zero attached hydrogens (tertiary/aromatic N) is 2. The molecule has 0 aromatic heterocycles. The smallest absolute Gasteiger partial charge is 0.259 e. The van der Waals surface area contributed by atoms with Crippen molar-refractivity contribution in [1.29, 1.82) is 5.26 Å². The van der Waals surface area contributed by atoms with Gasteiger partial charge in [0.05, 0.1) is 85.2 Å². The van der Waals surface area contributed by atoms with Crippen LogP contribution in [0.2, 0.25) is 0 Å². The zero-order chi connectivity index (χ0) is 47.5. The summed E-state index contributed by atoms with van der Waals surface area (Å²) >= 11 is 0. The van der Waals surface area contributed by atoms with Crippen LogP contribution in [0.4, 0.5) is 0 Å². The quantitative estimate of drug-likeness (QED) is 0.0393. The second-order valence-electron chi connectivity index (χ2n) is 14.8. The number of nitrogens with one attached hydrogen (secondary N) is 4. The number of hydrogen-bond acceptors (Lipinski definition) is 14. The predicted molar refractivity (Wildman–Crippen MR) is 244 cm³/mol. The molecule has 0 aliphatic rings. The molecule has 64 heavy (non-hydrogen) atoms. The zero-order valence-electron chi connectivity index (χ0n) is 38.7. The largest absolute Gasteiger partial charge is 0.377 e. The van der Waals surface area contributed by atoms with Crippen LogP contribution in [-0.4, -0.2) is 158 Å². The van der Waals surface area contributed by atoms with E-state index < -0.39 is 14.1 Å². The highest BCUT2D eigenvalue weighted by Crippen LogP contribution is 2.46. The number of ether oxygens (including phenoxy) is 6. The van der Waals surface area contributed by atoms with E-state index in [4.69, 9.17) is 62.0 Å². The highest BCUT2D eigenvalue weighted by molar-refractivity contribution is 7.44. The average Bonchev–Trinajstić information content (AvgIpc) is 3.26. The van der Waals surface area contributed by atoms with Gasteiger partial charge in [-0.1, -0.05) is 17.8 Å². The summed E-state index contributed by atoms with van der Waals surface area (Å²) in [6, 6.07) is 2.39. The second-order valence-corrected chi connectivity index (χ2v) is 16.3. The predicted octanol–water partition coefficient (Wildman–Crippen LogP) is 2.99. The fraction of sp³-hybridized carbons (Fsp3) is 0.756. The summed E-state index contributed by atoms with van der Waals surface area (Å²) in [4.78, 5) is 53.1. The Morgan fingerprint density at radius 1 is 0.547 bits per heavy atom. The molecule has 0 radical (unpaired) electrons. The van der Waals surface area contributed by atoms with Gasteiger partial charge in [0.1, 0.15) is 19.8 Å². The van der Waals surface area contributed by atoms with Crippen molar-refractivity contribution < 1.29 is 56.6 Å². The third-order valence-corrected chi connectivity index (χ3v) is 11.0. The van der Waals surface area contributed by atoms with Crippen molar-refractivity contribution in [2.75, 3.05) is 112 Å². The summed E-state index contributed by atoms with van der Waals surface area (Å²) in [5, 5.41) is 20.7. The molecule has 0 rings (SSSR count). The van der Waals surface area contributed by atoms with Crippen molar-refractivity contribution in [3.05, 3.63) is 0 Å². The molecule has 362 valence electrons. The van der Waals surface area contributed by atoms with Crippen LogP contribution in [-0.2, 0) is 56.6 Å². The van der Waals surface area contributed by atoms with Crippen LogP contribution in [0.5, 0.6) is 0 Å². The molecule has 4 N–H and O–H groups in total. The molecular formula is C45H75N6O12P. The lowest BCUT2D eigenvalue weighted by atomic mass is 9.83. The summed E-state index contributed by atoms with van der Waals surface area (Å²) in [6.07, 6.45) is 17.4. The van der Waals surface area contributed by atoms with Gasteiger partial charge in [0, 0.05) is 62.9 Å². The summed E-state index contributed by atoms with van der Waals surface area (Å²) in [6.45, 7) is 12.8. The molecule has 1 unspecified atom stereocenters. The summed E-state index contributed by atoms with van der Waals surface area (Å²) < 4.78 is 46.3. The molecule has 4 amide bonds. The highest BCUT2D eigenvalue weighted by Gasteiger charge is 2.34. The Morgan fingerprint density at radius 2 is 0.938 bits per heavy atom. The maximum atomic E-state index is 13.7. The topological polar surface area (TPSA) is 217 Å². The van der Waals surface area contributed by atoms with E-state index in [1.807, 2.05) is 0 Å². The number of rotatable bonds is 43. The van der Waals surface area contributed by atoms with Crippen LogP contribution in [0.15, 0.2) is 0 Å². The Kier molecular flexibility index (Phi) is 39.3. The van der Waals surface area contributed by atoms with Crippen LogP contribution < -0.4 is 21.3 Å². The van der Waals surface area contributed by atoms with Crippen molar-refractivity contribution in [1.82, 2.24) is 25.9 Å².